The van der Waals surface area contributed by atoms with Gasteiger partial charge in [-0.05, 0) is 30.0 Å². The molecule has 1 aliphatic heterocycles. The summed E-state index contributed by atoms with van der Waals surface area (Å²) in [6.07, 6.45) is 2.70. The van der Waals surface area contributed by atoms with Gasteiger partial charge in [0.2, 0.25) is 5.43 Å². The minimum atomic E-state index is -1.56. The Morgan fingerprint density at radius 3 is 2.58 bits per heavy atom. The molecule has 0 amide bonds. The fourth-order valence-corrected chi connectivity index (χ4v) is 3.92. The van der Waals surface area contributed by atoms with E-state index in [2.05, 4.69) is 11.6 Å². The van der Waals surface area contributed by atoms with E-state index in [4.69, 9.17) is 0 Å². The first-order valence-electron chi connectivity index (χ1n) is 9.53. The van der Waals surface area contributed by atoms with Crippen LogP contribution in [0, 0.1) is 29.3 Å². The molecule has 1 aliphatic rings. The van der Waals surface area contributed by atoms with Crippen LogP contribution >= 0.6 is 0 Å². The SMILES string of the molecule is C=CC1CN(c2nc3c(cc2F)c(=O)c(C(=O)O)cn3-c2ccc(F)cc2F)C[C@H]1C. The highest BCUT2D eigenvalue weighted by Gasteiger charge is 2.31. The number of hydrogen-bond donors (Lipinski definition) is 1. The van der Waals surface area contributed by atoms with Gasteiger partial charge >= 0.3 is 5.97 Å². The molecule has 2 aromatic heterocycles. The van der Waals surface area contributed by atoms with E-state index in [1.807, 2.05) is 6.92 Å². The monoisotopic (exact) mass is 429 g/mol. The molecule has 0 aliphatic carbocycles. The summed E-state index contributed by atoms with van der Waals surface area (Å²) in [5, 5.41) is 9.07. The first-order valence-corrected chi connectivity index (χ1v) is 9.53. The number of benzene rings is 1. The molecule has 1 aromatic carbocycles. The van der Waals surface area contributed by atoms with Crippen LogP contribution in [-0.2, 0) is 0 Å². The average molecular weight is 429 g/mol. The topological polar surface area (TPSA) is 75.4 Å². The summed E-state index contributed by atoms with van der Waals surface area (Å²) in [5.41, 5.74) is -1.99. The van der Waals surface area contributed by atoms with Gasteiger partial charge in [0.25, 0.3) is 0 Å². The Kier molecular flexibility index (Phi) is 5.04. The molecule has 3 aromatic rings. The number of rotatable bonds is 4. The van der Waals surface area contributed by atoms with Crippen LogP contribution in [0.3, 0.4) is 0 Å². The van der Waals surface area contributed by atoms with E-state index in [9.17, 15) is 27.9 Å². The quantitative estimate of drug-likeness (QED) is 0.640. The van der Waals surface area contributed by atoms with Crippen LogP contribution in [-0.4, -0.2) is 33.7 Å². The van der Waals surface area contributed by atoms with Crippen LogP contribution in [0.5, 0.6) is 0 Å². The van der Waals surface area contributed by atoms with E-state index in [1.165, 1.54) is 0 Å². The van der Waals surface area contributed by atoms with Crippen LogP contribution < -0.4 is 10.3 Å². The smallest absolute Gasteiger partial charge is 0.341 e. The number of pyridine rings is 2. The van der Waals surface area contributed by atoms with Crippen molar-refractivity contribution in [3.63, 3.8) is 0 Å². The number of aromatic nitrogens is 2. The summed E-state index contributed by atoms with van der Waals surface area (Å²) in [7, 11) is 0. The minimum Gasteiger partial charge on any atom is -0.477 e. The zero-order valence-electron chi connectivity index (χ0n) is 16.5. The van der Waals surface area contributed by atoms with Crippen LogP contribution in [0.4, 0.5) is 19.0 Å². The Bertz CT molecular complexity index is 1290. The van der Waals surface area contributed by atoms with Crippen molar-refractivity contribution in [2.45, 2.75) is 6.92 Å². The van der Waals surface area contributed by atoms with Gasteiger partial charge in [-0.25, -0.2) is 22.9 Å². The van der Waals surface area contributed by atoms with Crippen molar-refractivity contribution < 1.29 is 23.1 Å². The number of hydrogen-bond acceptors (Lipinski definition) is 4. The zero-order chi connectivity index (χ0) is 22.4. The number of aromatic carboxylic acids is 1. The largest absolute Gasteiger partial charge is 0.477 e. The first kappa shape index (κ1) is 20.6. The summed E-state index contributed by atoms with van der Waals surface area (Å²) in [4.78, 5) is 30.2. The first-order chi connectivity index (χ1) is 14.7. The van der Waals surface area contributed by atoms with Crippen molar-refractivity contribution >= 4 is 22.8 Å². The molecule has 1 unspecified atom stereocenters. The lowest BCUT2D eigenvalue weighted by Crippen LogP contribution is -2.24. The molecule has 4 rings (SSSR count). The normalized spacial score (nSPS) is 18.5. The van der Waals surface area contributed by atoms with E-state index >= 15 is 0 Å². The fourth-order valence-electron chi connectivity index (χ4n) is 3.92. The van der Waals surface area contributed by atoms with E-state index in [0.29, 0.717) is 19.2 Å². The van der Waals surface area contributed by atoms with Crippen LogP contribution in [0.25, 0.3) is 16.7 Å². The number of carboxylic acids is 1. The number of carbonyl (C=O) groups is 1. The Morgan fingerprint density at radius 2 is 1.97 bits per heavy atom. The van der Waals surface area contributed by atoms with Crippen molar-refractivity contribution in [3.8, 4) is 5.69 Å². The molecule has 3 heterocycles. The Hall–Kier alpha value is -3.62. The molecule has 1 saturated heterocycles. The van der Waals surface area contributed by atoms with Crippen molar-refractivity contribution in [1.82, 2.24) is 9.55 Å². The predicted molar refractivity (Wildman–Crippen MR) is 109 cm³/mol. The lowest BCUT2D eigenvalue weighted by Gasteiger charge is -2.20. The van der Waals surface area contributed by atoms with E-state index in [-0.39, 0.29) is 34.4 Å². The molecule has 0 bridgehead atoms. The van der Waals surface area contributed by atoms with E-state index < -0.39 is 34.4 Å². The summed E-state index contributed by atoms with van der Waals surface area (Å²) < 4.78 is 43.9. The summed E-state index contributed by atoms with van der Waals surface area (Å²) in [6.45, 7) is 6.74. The lowest BCUT2D eigenvalue weighted by molar-refractivity contribution is 0.0695. The second-order valence-electron chi connectivity index (χ2n) is 7.59. The summed E-state index contributed by atoms with van der Waals surface area (Å²) in [6, 6.07) is 3.62. The Labute approximate surface area is 174 Å². The maximum Gasteiger partial charge on any atom is 0.341 e. The third-order valence-electron chi connectivity index (χ3n) is 5.59. The molecule has 160 valence electrons. The minimum absolute atomic E-state index is 0.0394. The van der Waals surface area contributed by atoms with Gasteiger partial charge in [0.05, 0.1) is 11.1 Å². The Balaban J connectivity index is 2.01. The van der Waals surface area contributed by atoms with Crippen LogP contribution in [0.15, 0.2) is 47.9 Å². The molecule has 2 atom stereocenters. The van der Waals surface area contributed by atoms with Crippen molar-refractivity contribution in [3.05, 3.63) is 76.4 Å². The van der Waals surface area contributed by atoms with Gasteiger partial charge in [-0.2, -0.15) is 0 Å². The molecule has 0 spiro atoms. The summed E-state index contributed by atoms with van der Waals surface area (Å²) >= 11 is 0. The highest BCUT2D eigenvalue weighted by atomic mass is 19.1. The molecular weight excluding hydrogens is 411 g/mol. The highest BCUT2D eigenvalue weighted by molar-refractivity contribution is 5.92. The molecule has 1 fully saturated rings. The van der Waals surface area contributed by atoms with Crippen molar-refractivity contribution in [2.24, 2.45) is 11.8 Å². The number of nitrogens with zero attached hydrogens (tertiary/aromatic N) is 3. The molecule has 0 saturated carbocycles. The Morgan fingerprint density at radius 1 is 1.23 bits per heavy atom. The second-order valence-corrected chi connectivity index (χ2v) is 7.59. The highest BCUT2D eigenvalue weighted by Crippen LogP contribution is 2.31. The lowest BCUT2D eigenvalue weighted by atomic mass is 9.99. The van der Waals surface area contributed by atoms with Gasteiger partial charge in [-0.3, -0.25) is 9.36 Å². The van der Waals surface area contributed by atoms with E-state index in [1.54, 1.807) is 11.0 Å². The third-order valence-corrected chi connectivity index (χ3v) is 5.59. The van der Waals surface area contributed by atoms with Crippen LogP contribution in [0.1, 0.15) is 17.3 Å². The van der Waals surface area contributed by atoms with Gasteiger partial charge in [-0.15, -0.1) is 6.58 Å². The van der Waals surface area contributed by atoms with Crippen molar-refractivity contribution in [1.29, 1.82) is 0 Å². The van der Waals surface area contributed by atoms with Crippen LogP contribution in [0.2, 0.25) is 0 Å². The third kappa shape index (κ3) is 3.45. The average Bonchev–Trinajstić information content (AvgIpc) is 3.09. The number of anilines is 1. The van der Waals surface area contributed by atoms with Gasteiger partial charge in [0.15, 0.2) is 17.3 Å². The summed E-state index contributed by atoms with van der Waals surface area (Å²) in [5.74, 6) is -3.90. The maximum atomic E-state index is 15.0. The van der Waals surface area contributed by atoms with Gasteiger partial charge in [0.1, 0.15) is 17.2 Å². The van der Waals surface area contributed by atoms with E-state index in [0.717, 1.165) is 29.0 Å². The molecule has 1 N–H and O–H groups in total. The number of halogens is 3. The second kappa shape index (κ2) is 7.57. The predicted octanol–water partition coefficient (Wildman–Crippen LogP) is 3.76. The van der Waals surface area contributed by atoms with Gasteiger partial charge in [-0.1, -0.05) is 13.0 Å². The standard InChI is InChI=1S/C22H18F3N3O3/c1-3-12-9-27(8-11(12)2)21-17(25)7-14-19(29)15(22(30)31)10-28(20(14)26-21)18-5-4-13(23)6-16(18)24/h3-7,10-12H,1,8-9H2,2H3,(H,30,31)/t11-,12?/m1/s1. The molecular formula is C22H18F3N3O3. The molecule has 6 nitrogen and oxygen atoms in total. The van der Waals surface area contributed by atoms with Gasteiger partial charge < -0.3 is 10.0 Å². The molecule has 0 radical (unpaired) electrons. The fraction of sp³-hybridized carbons (Fsp3) is 0.227. The van der Waals surface area contributed by atoms with Crippen molar-refractivity contribution in [2.75, 3.05) is 18.0 Å². The molecule has 9 heteroatoms. The number of fused-ring (bicyclic) bond motifs is 1. The molecule has 31 heavy (non-hydrogen) atoms. The zero-order valence-corrected chi connectivity index (χ0v) is 16.5. The number of carboxylic acid groups (broad SMARTS) is 1. The van der Waals surface area contributed by atoms with Gasteiger partial charge in [0, 0.05) is 25.4 Å². The maximum absolute atomic E-state index is 15.0.